The molecule has 2 aromatic carbocycles. The lowest BCUT2D eigenvalue weighted by atomic mass is 9.91. The minimum absolute atomic E-state index is 0.0279. The van der Waals surface area contributed by atoms with Crippen LogP contribution in [-0.4, -0.2) is 27.8 Å². The van der Waals surface area contributed by atoms with Crippen LogP contribution in [0.2, 0.25) is 0 Å². The number of nitrogens with zero attached hydrogens (tertiary/aromatic N) is 1. The fourth-order valence-corrected chi connectivity index (χ4v) is 3.97. The number of nitrogens with one attached hydrogen (secondary N) is 1. The van der Waals surface area contributed by atoms with Gasteiger partial charge in [-0.3, -0.25) is 4.79 Å². The Labute approximate surface area is 162 Å². The molecule has 0 unspecified atom stereocenters. The highest BCUT2D eigenvalue weighted by Gasteiger charge is 2.27. The molecule has 0 saturated heterocycles. The second-order valence-corrected chi connectivity index (χ2v) is 7.07. The number of fused-ring (bicyclic) bond motifs is 3. The number of carbonyl (C=O) groups excluding carboxylic acids is 1. The van der Waals surface area contributed by atoms with Gasteiger partial charge in [0.25, 0.3) is 0 Å². The highest BCUT2D eigenvalue weighted by Crippen LogP contribution is 2.32. The van der Waals surface area contributed by atoms with E-state index in [1.54, 1.807) is 0 Å². The van der Waals surface area contributed by atoms with E-state index in [1.165, 1.54) is 0 Å². The highest BCUT2D eigenvalue weighted by atomic mass is 16.5. The Morgan fingerprint density at radius 2 is 1.86 bits per heavy atom. The molecule has 6 heteroatoms. The SMILES string of the molecule is O=C(O)Cn1c2c(c3ccccc31)C[C@@H](NC(=O)OCc1ccccc1)CC2. The van der Waals surface area contributed by atoms with E-state index in [0.717, 1.165) is 40.6 Å². The molecule has 1 heterocycles. The van der Waals surface area contributed by atoms with Gasteiger partial charge in [-0.05, 0) is 36.5 Å². The van der Waals surface area contributed by atoms with Crippen molar-refractivity contribution in [3.05, 3.63) is 71.4 Å². The number of hydrogen-bond acceptors (Lipinski definition) is 3. The van der Waals surface area contributed by atoms with Crippen LogP contribution in [0.1, 0.15) is 23.2 Å². The average molecular weight is 378 g/mol. The zero-order chi connectivity index (χ0) is 19.5. The number of carbonyl (C=O) groups is 2. The van der Waals surface area contributed by atoms with Gasteiger partial charge in [-0.15, -0.1) is 0 Å². The third kappa shape index (κ3) is 3.71. The molecule has 0 bridgehead atoms. The molecule has 0 saturated carbocycles. The molecule has 0 spiro atoms. The van der Waals surface area contributed by atoms with E-state index < -0.39 is 12.1 Å². The van der Waals surface area contributed by atoms with Crippen molar-refractivity contribution in [1.29, 1.82) is 0 Å². The summed E-state index contributed by atoms with van der Waals surface area (Å²) < 4.78 is 7.22. The van der Waals surface area contributed by atoms with Crippen LogP contribution in [0.25, 0.3) is 10.9 Å². The summed E-state index contributed by atoms with van der Waals surface area (Å²) in [6, 6.07) is 17.4. The number of aromatic nitrogens is 1. The number of alkyl carbamates (subject to hydrolysis) is 1. The summed E-state index contributed by atoms with van der Waals surface area (Å²) >= 11 is 0. The fourth-order valence-electron chi connectivity index (χ4n) is 3.97. The number of para-hydroxylation sites is 1. The zero-order valence-corrected chi connectivity index (χ0v) is 15.4. The summed E-state index contributed by atoms with van der Waals surface area (Å²) in [6.45, 7) is 0.190. The quantitative estimate of drug-likeness (QED) is 0.712. The molecule has 0 radical (unpaired) electrons. The van der Waals surface area contributed by atoms with Gasteiger partial charge in [-0.25, -0.2) is 4.79 Å². The highest BCUT2D eigenvalue weighted by molar-refractivity contribution is 5.87. The van der Waals surface area contributed by atoms with E-state index in [9.17, 15) is 14.7 Å². The van der Waals surface area contributed by atoms with Gasteiger partial charge < -0.3 is 19.7 Å². The smallest absolute Gasteiger partial charge is 0.407 e. The number of benzene rings is 2. The first-order chi connectivity index (χ1) is 13.6. The number of aliphatic carboxylic acids is 1. The first kappa shape index (κ1) is 18.1. The minimum Gasteiger partial charge on any atom is -0.480 e. The van der Waals surface area contributed by atoms with Crippen molar-refractivity contribution < 1.29 is 19.4 Å². The first-order valence-corrected chi connectivity index (χ1v) is 9.40. The summed E-state index contributed by atoms with van der Waals surface area (Å²) in [5.74, 6) is -0.853. The van der Waals surface area contributed by atoms with Gasteiger partial charge >= 0.3 is 12.1 Å². The lowest BCUT2D eigenvalue weighted by Crippen LogP contribution is -2.39. The van der Waals surface area contributed by atoms with E-state index in [1.807, 2.05) is 59.2 Å². The van der Waals surface area contributed by atoms with E-state index in [-0.39, 0.29) is 19.2 Å². The lowest BCUT2D eigenvalue weighted by molar-refractivity contribution is -0.137. The third-order valence-corrected chi connectivity index (χ3v) is 5.20. The van der Waals surface area contributed by atoms with Gasteiger partial charge in [0, 0.05) is 22.6 Å². The summed E-state index contributed by atoms with van der Waals surface area (Å²) in [4.78, 5) is 23.5. The minimum atomic E-state index is -0.853. The van der Waals surface area contributed by atoms with E-state index in [0.29, 0.717) is 6.42 Å². The van der Waals surface area contributed by atoms with Crippen molar-refractivity contribution in [2.24, 2.45) is 0 Å². The number of amides is 1. The Kier molecular flexibility index (Phi) is 5.02. The van der Waals surface area contributed by atoms with Crippen molar-refractivity contribution in [2.75, 3.05) is 0 Å². The van der Waals surface area contributed by atoms with Crippen molar-refractivity contribution in [2.45, 2.75) is 38.5 Å². The molecule has 1 aliphatic rings. The van der Waals surface area contributed by atoms with Crippen molar-refractivity contribution in [3.8, 4) is 0 Å². The normalized spacial score (nSPS) is 15.8. The van der Waals surface area contributed by atoms with Crippen LogP contribution in [0.15, 0.2) is 54.6 Å². The molecular formula is C22H22N2O4. The van der Waals surface area contributed by atoms with Gasteiger partial charge in [0.05, 0.1) is 0 Å². The standard InChI is InChI=1S/C22H22N2O4/c25-21(26)13-24-19-9-5-4-8-17(19)18-12-16(10-11-20(18)24)23-22(27)28-14-15-6-2-1-3-7-15/h1-9,16H,10-14H2,(H,23,27)(H,25,26)/t16-/m0/s1. The number of hydrogen-bond donors (Lipinski definition) is 2. The third-order valence-electron chi connectivity index (χ3n) is 5.20. The number of ether oxygens (including phenoxy) is 1. The van der Waals surface area contributed by atoms with E-state index >= 15 is 0 Å². The van der Waals surface area contributed by atoms with Crippen LogP contribution in [0.3, 0.4) is 0 Å². The number of carboxylic acids is 1. The summed E-state index contributed by atoms with van der Waals surface area (Å²) in [5.41, 5.74) is 4.05. The predicted molar refractivity (Wildman–Crippen MR) is 105 cm³/mol. The predicted octanol–water partition coefficient (Wildman–Crippen LogP) is 3.51. The Balaban J connectivity index is 1.47. The molecular weight excluding hydrogens is 356 g/mol. The summed E-state index contributed by atoms with van der Waals surface area (Å²) in [5, 5.41) is 13.3. The summed E-state index contributed by atoms with van der Waals surface area (Å²) in [6.07, 6.45) is 1.72. The van der Waals surface area contributed by atoms with Gasteiger partial charge in [0.15, 0.2) is 0 Å². The molecule has 1 amide bonds. The fraction of sp³-hybridized carbons (Fsp3) is 0.273. The van der Waals surface area contributed by atoms with Crippen molar-refractivity contribution in [1.82, 2.24) is 9.88 Å². The van der Waals surface area contributed by atoms with E-state index in [4.69, 9.17) is 4.74 Å². The average Bonchev–Trinajstić information content (AvgIpc) is 3.00. The molecule has 1 aliphatic carbocycles. The molecule has 1 aromatic heterocycles. The lowest BCUT2D eigenvalue weighted by Gasteiger charge is -2.24. The molecule has 0 fully saturated rings. The van der Waals surface area contributed by atoms with Crippen LogP contribution in [0, 0.1) is 0 Å². The Hall–Kier alpha value is -3.28. The Morgan fingerprint density at radius 1 is 1.11 bits per heavy atom. The molecule has 0 aliphatic heterocycles. The van der Waals surface area contributed by atoms with Crippen LogP contribution < -0.4 is 5.32 Å². The van der Waals surface area contributed by atoms with Crippen molar-refractivity contribution >= 4 is 23.0 Å². The molecule has 4 rings (SSSR count). The van der Waals surface area contributed by atoms with Gasteiger partial charge in [0.2, 0.25) is 0 Å². The molecule has 2 N–H and O–H groups in total. The van der Waals surface area contributed by atoms with Crippen LogP contribution in [-0.2, 0) is 35.5 Å². The largest absolute Gasteiger partial charge is 0.480 e. The second kappa shape index (κ2) is 7.76. The first-order valence-electron chi connectivity index (χ1n) is 9.40. The molecule has 3 aromatic rings. The van der Waals surface area contributed by atoms with E-state index in [2.05, 4.69) is 5.32 Å². The topological polar surface area (TPSA) is 80.6 Å². The zero-order valence-electron chi connectivity index (χ0n) is 15.4. The van der Waals surface area contributed by atoms with Crippen molar-refractivity contribution in [3.63, 3.8) is 0 Å². The second-order valence-electron chi connectivity index (χ2n) is 7.07. The molecule has 144 valence electrons. The Morgan fingerprint density at radius 3 is 2.64 bits per heavy atom. The summed E-state index contributed by atoms with van der Waals surface area (Å²) in [7, 11) is 0. The maximum Gasteiger partial charge on any atom is 0.407 e. The molecule has 6 nitrogen and oxygen atoms in total. The van der Waals surface area contributed by atoms with Crippen LogP contribution in [0.4, 0.5) is 4.79 Å². The number of carboxylic acid groups (broad SMARTS) is 1. The van der Waals surface area contributed by atoms with Crippen LogP contribution >= 0.6 is 0 Å². The van der Waals surface area contributed by atoms with Crippen LogP contribution in [0.5, 0.6) is 0 Å². The van der Waals surface area contributed by atoms with Gasteiger partial charge in [0.1, 0.15) is 13.2 Å². The Bertz CT molecular complexity index is 1010. The van der Waals surface area contributed by atoms with Gasteiger partial charge in [-0.1, -0.05) is 48.5 Å². The maximum absolute atomic E-state index is 12.2. The maximum atomic E-state index is 12.2. The van der Waals surface area contributed by atoms with Gasteiger partial charge in [-0.2, -0.15) is 0 Å². The monoisotopic (exact) mass is 378 g/mol. The molecule has 1 atom stereocenters. The number of rotatable bonds is 5. The molecule has 28 heavy (non-hydrogen) atoms.